The van der Waals surface area contributed by atoms with Crippen molar-refractivity contribution in [3.63, 3.8) is 0 Å². The lowest BCUT2D eigenvalue weighted by molar-refractivity contribution is -0.136. The Morgan fingerprint density at radius 1 is 1.10 bits per heavy atom. The van der Waals surface area contributed by atoms with Crippen LogP contribution in [0.2, 0.25) is 0 Å². The minimum atomic E-state index is -0.828. The number of benzene rings is 2. The van der Waals surface area contributed by atoms with Gasteiger partial charge >= 0.3 is 5.97 Å². The summed E-state index contributed by atoms with van der Waals surface area (Å²) in [6.45, 7) is 2.83. The van der Waals surface area contributed by atoms with E-state index in [1.807, 2.05) is 36.4 Å². The van der Waals surface area contributed by atoms with Crippen LogP contribution in [-0.4, -0.2) is 28.6 Å². The van der Waals surface area contributed by atoms with Crippen LogP contribution in [0.4, 0.5) is 5.69 Å². The van der Waals surface area contributed by atoms with Crippen LogP contribution in [0.5, 0.6) is 5.75 Å². The van der Waals surface area contributed by atoms with Crippen molar-refractivity contribution in [2.75, 3.05) is 11.9 Å². The Bertz CT molecular complexity index is 981. The molecule has 0 spiro atoms. The minimum Gasteiger partial charge on any atom is -0.494 e. The Morgan fingerprint density at radius 2 is 1.83 bits per heavy atom. The van der Waals surface area contributed by atoms with Crippen LogP contribution in [0.15, 0.2) is 53.9 Å². The van der Waals surface area contributed by atoms with E-state index < -0.39 is 5.97 Å². The zero-order valence-electron chi connectivity index (χ0n) is 16.8. The molecule has 1 aromatic heterocycles. The summed E-state index contributed by atoms with van der Waals surface area (Å²) in [5, 5.41) is 14.1. The van der Waals surface area contributed by atoms with Crippen LogP contribution < -0.4 is 10.1 Å². The Balaban J connectivity index is 1.58. The van der Waals surface area contributed by atoms with Gasteiger partial charge in [-0.15, -0.1) is 11.3 Å². The van der Waals surface area contributed by atoms with Crippen molar-refractivity contribution in [2.45, 2.75) is 32.6 Å². The number of carbonyl (C=O) groups is 2. The monoisotopic (exact) mass is 424 g/mol. The first kappa shape index (κ1) is 21.5. The summed E-state index contributed by atoms with van der Waals surface area (Å²) < 4.78 is 5.67. The van der Waals surface area contributed by atoms with Crippen molar-refractivity contribution in [1.29, 1.82) is 0 Å². The number of aliphatic carboxylic acids is 1. The van der Waals surface area contributed by atoms with E-state index in [1.54, 1.807) is 17.5 Å². The molecule has 3 aromatic rings. The van der Waals surface area contributed by atoms with Gasteiger partial charge in [-0.1, -0.05) is 25.5 Å². The quantitative estimate of drug-likeness (QED) is 0.434. The van der Waals surface area contributed by atoms with E-state index in [0.717, 1.165) is 34.7 Å². The molecule has 156 valence electrons. The van der Waals surface area contributed by atoms with Gasteiger partial charge in [0.25, 0.3) is 5.91 Å². The van der Waals surface area contributed by atoms with Crippen molar-refractivity contribution in [2.24, 2.45) is 0 Å². The number of unbranched alkanes of at least 4 members (excludes halogenated alkanes) is 1. The lowest BCUT2D eigenvalue weighted by Gasteiger charge is -2.06. The molecule has 2 N–H and O–H groups in total. The van der Waals surface area contributed by atoms with Crippen LogP contribution in [0.3, 0.4) is 0 Å². The van der Waals surface area contributed by atoms with Crippen LogP contribution >= 0.6 is 11.3 Å². The molecule has 0 saturated carbocycles. The fraction of sp³-hybridized carbons (Fsp3) is 0.261. The molecule has 7 heteroatoms. The van der Waals surface area contributed by atoms with E-state index in [0.29, 0.717) is 24.4 Å². The maximum absolute atomic E-state index is 12.5. The molecule has 0 aliphatic heterocycles. The van der Waals surface area contributed by atoms with Crippen LogP contribution in [0.25, 0.3) is 10.6 Å². The molecule has 2 aromatic carbocycles. The van der Waals surface area contributed by atoms with Gasteiger partial charge in [-0.2, -0.15) is 0 Å². The van der Waals surface area contributed by atoms with Gasteiger partial charge in [-0.05, 0) is 54.8 Å². The Labute approximate surface area is 179 Å². The van der Waals surface area contributed by atoms with E-state index in [1.165, 1.54) is 11.3 Å². The number of nitrogens with zero attached hydrogens (tertiary/aromatic N) is 1. The van der Waals surface area contributed by atoms with E-state index >= 15 is 0 Å². The van der Waals surface area contributed by atoms with Gasteiger partial charge in [0.15, 0.2) is 0 Å². The Morgan fingerprint density at radius 3 is 2.50 bits per heavy atom. The standard InChI is InChI=1S/C23H24N2O4S/c1-2-3-14-29-19-11-7-17(8-12-19)23-25-20(15-30-23)22(28)24-18-9-4-16(5-10-18)6-13-21(26)27/h4-5,7-12,15H,2-3,6,13-14H2,1H3,(H,24,28)(H,26,27). The molecule has 0 fully saturated rings. The third-order valence-electron chi connectivity index (χ3n) is 4.44. The van der Waals surface area contributed by atoms with Gasteiger partial charge in [0.1, 0.15) is 16.5 Å². The number of carbonyl (C=O) groups excluding carboxylic acids is 1. The Hall–Kier alpha value is -3.19. The summed E-state index contributed by atoms with van der Waals surface area (Å²) in [5.41, 5.74) is 2.84. The summed E-state index contributed by atoms with van der Waals surface area (Å²) >= 11 is 1.41. The third kappa shape index (κ3) is 6.15. The number of nitrogens with one attached hydrogen (secondary N) is 1. The largest absolute Gasteiger partial charge is 0.494 e. The molecule has 1 heterocycles. The maximum atomic E-state index is 12.5. The molecule has 0 radical (unpaired) electrons. The zero-order valence-corrected chi connectivity index (χ0v) is 17.6. The SMILES string of the molecule is CCCCOc1ccc(-c2nc(C(=O)Nc3ccc(CCC(=O)O)cc3)cs2)cc1. The predicted octanol–water partition coefficient (Wildman–Crippen LogP) is 5.26. The number of thiazole rings is 1. The number of hydrogen-bond donors (Lipinski definition) is 2. The first-order valence-electron chi connectivity index (χ1n) is 9.86. The van der Waals surface area contributed by atoms with Gasteiger partial charge in [-0.25, -0.2) is 4.98 Å². The van der Waals surface area contributed by atoms with Crippen molar-refractivity contribution in [3.8, 4) is 16.3 Å². The van der Waals surface area contributed by atoms with E-state index in [9.17, 15) is 9.59 Å². The minimum absolute atomic E-state index is 0.0825. The van der Waals surface area contributed by atoms with Gasteiger partial charge in [-0.3, -0.25) is 9.59 Å². The van der Waals surface area contributed by atoms with Gasteiger partial charge in [0.2, 0.25) is 0 Å². The second kappa shape index (κ2) is 10.5. The summed E-state index contributed by atoms with van der Waals surface area (Å²) in [4.78, 5) is 27.6. The second-order valence-corrected chi connectivity index (χ2v) is 7.67. The summed E-state index contributed by atoms with van der Waals surface area (Å²) in [6, 6.07) is 14.9. The number of rotatable bonds is 10. The number of anilines is 1. The molecular weight excluding hydrogens is 400 g/mol. The van der Waals surface area contributed by atoms with Crippen LogP contribution in [0, 0.1) is 0 Å². The van der Waals surface area contributed by atoms with E-state index in [4.69, 9.17) is 9.84 Å². The second-order valence-electron chi connectivity index (χ2n) is 6.81. The summed E-state index contributed by atoms with van der Waals surface area (Å²) in [6.07, 6.45) is 2.66. The molecule has 0 saturated heterocycles. The van der Waals surface area contributed by atoms with Crippen molar-refractivity contribution in [1.82, 2.24) is 4.98 Å². The highest BCUT2D eigenvalue weighted by atomic mass is 32.1. The maximum Gasteiger partial charge on any atom is 0.303 e. The highest BCUT2D eigenvalue weighted by Gasteiger charge is 2.12. The first-order chi connectivity index (χ1) is 14.5. The van der Waals surface area contributed by atoms with Crippen LogP contribution in [0.1, 0.15) is 42.2 Å². The fourth-order valence-corrected chi connectivity index (χ4v) is 3.55. The van der Waals surface area contributed by atoms with Crippen LogP contribution in [-0.2, 0) is 11.2 Å². The molecule has 3 rings (SSSR count). The number of carboxylic acids is 1. The molecular formula is C23H24N2O4S. The lowest BCUT2D eigenvalue weighted by atomic mass is 10.1. The third-order valence-corrected chi connectivity index (χ3v) is 5.34. The molecule has 0 bridgehead atoms. The smallest absolute Gasteiger partial charge is 0.303 e. The van der Waals surface area contributed by atoms with Gasteiger partial charge in [0, 0.05) is 23.1 Å². The summed E-state index contributed by atoms with van der Waals surface area (Å²) in [5.74, 6) is -0.283. The topological polar surface area (TPSA) is 88.5 Å². The lowest BCUT2D eigenvalue weighted by Crippen LogP contribution is -2.12. The fourth-order valence-electron chi connectivity index (χ4n) is 2.74. The molecule has 30 heavy (non-hydrogen) atoms. The summed E-state index contributed by atoms with van der Waals surface area (Å²) in [7, 11) is 0. The number of hydrogen-bond acceptors (Lipinski definition) is 5. The molecule has 6 nitrogen and oxygen atoms in total. The number of aromatic nitrogens is 1. The molecule has 0 aliphatic carbocycles. The molecule has 0 atom stereocenters. The normalized spacial score (nSPS) is 10.6. The van der Waals surface area contributed by atoms with Gasteiger partial charge < -0.3 is 15.2 Å². The number of aryl methyl sites for hydroxylation is 1. The highest BCUT2D eigenvalue weighted by Crippen LogP contribution is 2.26. The zero-order chi connectivity index (χ0) is 21.3. The van der Waals surface area contributed by atoms with E-state index in [-0.39, 0.29) is 12.3 Å². The van der Waals surface area contributed by atoms with Crippen molar-refractivity contribution in [3.05, 3.63) is 65.2 Å². The molecule has 1 amide bonds. The number of ether oxygens (including phenoxy) is 1. The predicted molar refractivity (Wildman–Crippen MR) is 118 cm³/mol. The van der Waals surface area contributed by atoms with Crippen molar-refractivity contribution < 1.29 is 19.4 Å². The average molecular weight is 425 g/mol. The first-order valence-corrected chi connectivity index (χ1v) is 10.7. The van der Waals surface area contributed by atoms with Gasteiger partial charge in [0.05, 0.1) is 6.61 Å². The highest BCUT2D eigenvalue weighted by molar-refractivity contribution is 7.13. The van der Waals surface area contributed by atoms with Crippen molar-refractivity contribution >= 4 is 28.9 Å². The molecule has 0 unspecified atom stereocenters. The number of carboxylic acid groups (broad SMARTS) is 1. The Kier molecular flexibility index (Phi) is 7.57. The molecule has 0 aliphatic rings. The average Bonchev–Trinajstić information content (AvgIpc) is 3.24. The van der Waals surface area contributed by atoms with E-state index in [2.05, 4.69) is 17.2 Å². The number of amides is 1.